The van der Waals surface area contributed by atoms with Gasteiger partial charge in [-0.1, -0.05) is 45.0 Å². The molecule has 6 heteroatoms. The molecule has 0 N–H and O–H groups in total. The number of nitrogens with zero attached hydrogens (tertiary/aromatic N) is 2. The summed E-state index contributed by atoms with van der Waals surface area (Å²) in [6.45, 7) is 8.16. The second-order valence-corrected chi connectivity index (χ2v) is 9.20. The van der Waals surface area contributed by atoms with Gasteiger partial charge < -0.3 is 9.64 Å². The summed E-state index contributed by atoms with van der Waals surface area (Å²) in [6.07, 6.45) is 2.06. The lowest BCUT2D eigenvalue weighted by atomic mass is 9.79. The van der Waals surface area contributed by atoms with E-state index in [1.165, 1.54) is 4.90 Å². The molecule has 6 nitrogen and oxygen atoms in total. The fraction of sp³-hybridized carbons (Fsp3) is 0.522. The van der Waals surface area contributed by atoms with Crippen molar-refractivity contribution in [1.29, 1.82) is 0 Å². The van der Waals surface area contributed by atoms with E-state index in [1.807, 2.05) is 56.9 Å². The minimum Gasteiger partial charge on any atom is -0.383 e. The first kappa shape index (κ1) is 19.8. The Bertz CT molecular complexity index is 914. The second-order valence-electron chi connectivity index (χ2n) is 9.20. The zero-order chi connectivity index (χ0) is 21.1. The Labute approximate surface area is 171 Å². The molecular formula is C23H28N2O4. The molecule has 2 amide bonds. The predicted molar refractivity (Wildman–Crippen MR) is 110 cm³/mol. The van der Waals surface area contributed by atoms with E-state index in [4.69, 9.17) is 4.74 Å². The van der Waals surface area contributed by atoms with Gasteiger partial charge >= 0.3 is 0 Å². The number of para-hydroxylation sites is 1. The normalized spacial score (nSPS) is 28.2. The molecule has 3 heterocycles. The molecule has 2 saturated heterocycles. The van der Waals surface area contributed by atoms with Crippen LogP contribution in [-0.2, 0) is 19.1 Å². The molecule has 2 fully saturated rings. The zero-order valence-corrected chi connectivity index (χ0v) is 17.6. The van der Waals surface area contributed by atoms with Crippen LogP contribution in [0.3, 0.4) is 0 Å². The molecule has 1 aromatic rings. The van der Waals surface area contributed by atoms with E-state index in [0.29, 0.717) is 6.61 Å². The van der Waals surface area contributed by atoms with Gasteiger partial charge in [0, 0.05) is 23.8 Å². The number of likely N-dealkylation sites (tertiary alicyclic amines) is 1. The lowest BCUT2D eigenvalue weighted by Crippen LogP contribution is -2.51. The van der Waals surface area contributed by atoms with Gasteiger partial charge in [0.2, 0.25) is 11.8 Å². The molecular weight excluding hydrogens is 368 g/mol. The highest BCUT2D eigenvalue weighted by molar-refractivity contribution is 6.12. The number of hydrogen-bond donors (Lipinski definition) is 0. The number of allylic oxidation sites excluding steroid dienone is 1. The molecule has 0 aliphatic carbocycles. The van der Waals surface area contributed by atoms with Gasteiger partial charge in [-0.2, -0.15) is 0 Å². The van der Waals surface area contributed by atoms with Crippen molar-refractivity contribution in [3.8, 4) is 0 Å². The van der Waals surface area contributed by atoms with Crippen LogP contribution in [0.25, 0.3) is 5.57 Å². The molecule has 3 aliphatic rings. The third kappa shape index (κ3) is 2.84. The Morgan fingerprint density at radius 3 is 2.41 bits per heavy atom. The van der Waals surface area contributed by atoms with Crippen LogP contribution >= 0.6 is 0 Å². The van der Waals surface area contributed by atoms with Crippen molar-refractivity contribution in [3.63, 3.8) is 0 Å². The van der Waals surface area contributed by atoms with Gasteiger partial charge in [0.15, 0.2) is 5.78 Å². The molecule has 0 aromatic heterocycles. The molecule has 0 radical (unpaired) electrons. The lowest BCUT2D eigenvalue weighted by molar-refractivity contribution is -0.142. The standard InChI is InChI=1S/C23H28N2O4/c1-13-12-16-17-18(22(28)24(21(17)27)10-11-29-5)19(20(26)23(2,3)4)25(16)15-9-7-6-8-14(13)15/h6-9,12,16-19H,10-11H2,1-5H3/t16-,17+,18-,19-/m1/s1. The number of ether oxygens (including phenoxy) is 1. The van der Waals surface area contributed by atoms with Gasteiger partial charge in [0.05, 0.1) is 31.0 Å². The summed E-state index contributed by atoms with van der Waals surface area (Å²) in [4.78, 5) is 43.5. The number of benzene rings is 1. The summed E-state index contributed by atoms with van der Waals surface area (Å²) in [7, 11) is 1.55. The maximum atomic E-state index is 13.6. The van der Waals surface area contributed by atoms with Crippen LogP contribution in [0.5, 0.6) is 0 Å². The summed E-state index contributed by atoms with van der Waals surface area (Å²) in [6, 6.07) is 6.97. The van der Waals surface area contributed by atoms with Gasteiger partial charge in [0.1, 0.15) is 6.04 Å². The van der Waals surface area contributed by atoms with E-state index in [1.54, 1.807) is 7.11 Å². The van der Waals surface area contributed by atoms with Crippen molar-refractivity contribution >= 4 is 28.9 Å². The number of ketones is 1. The third-order valence-corrected chi connectivity index (χ3v) is 6.37. The van der Waals surface area contributed by atoms with Gasteiger partial charge in [-0.25, -0.2) is 0 Å². The van der Waals surface area contributed by atoms with Gasteiger partial charge in [0.25, 0.3) is 0 Å². The number of hydrogen-bond acceptors (Lipinski definition) is 5. The third-order valence-electron chi connectivity index (χ3n) is 6.37. The summed E-state index contributed by atoms with van der Waals surface area (Å²) in [5, 5.41) is 0. The van der Waals surface area contributed by atoms with Crippen molar-refractivity contribution in [2.75, 3.05) is 25.2 Å². The Hall–Kier alpha value is -2.47. The highest BCUT2D eigenvalue weighted by Crippen LogP contribution is 2.50. The summed E-state index contributed by atoms with van der Waals surface area (Å²) in [5.41, 5.74) is 2.42. The Morgan fingerprint density at radius 1 is 1.10 bits per heavy atom. The first-order valence-corrected chi connectivity index (χ1v) is 10.1. The molecule has 0 spiro atoms. The van der Waals surface area contributed by atoms with Crippen molar-refractivity contribution in [2.45, 2.75) is 39.8 Å². The highest BCUT2D eigenvalue weighted by Gasteiger charge is 2.64. The largest absolute Gasteiger partial charge is 0.383 e. The SMILES string of the molecule is COCCN1C(=O)[C@@H]2[C@@H](C1=O)[C@H](C(=O)C(C)(C)C)N1c3ccccc3C(C)=C[C@H]21. The average Bonchev–Trinajstić information content (AvgIpc) is 3.13. The molecule has 4 rings (SSSR count). The van der Waals surface area contributed by atoms with Crippen LogP contribution in [0, 0.1) is 17.3 Å². The number of imide groups is 1. The van der Waals surface area contributed by atoms with E-state index in [9.17, 15) is 14.4 Å². The van der Waals surface area contributed by atoms with E-state index in [2.05, 4.69) is 6.08 Å². The van der Waals surface area contributed by atoms with Crippen molar-refractivity contribution in [1.82, 2.24) is 4.90 Å². The Kier molecular flexibility index (Phi) is 4.65. The smallest absolute Gasteiger partial charge is 0.235 e. The number of Topliss-reactive ketones (excluding diaryl/α,β-unsaturated/α-hetero) is 1. The van der Waals surface area contributed by atoms with Gasteiger partial charge in [-0.05, 0) is 18.6 Å². The van der Waals surface area contributed by atoms with Crippen molar-refractivity contribution < 1.29 is 19.1 Å². The molecule has 4 atom stereocenters. The molecule has 0 saturated carbocycles. The van der Waals surface area contributed by atoms with Gasteiger partial charge in [-0.15, -0.1) is 0 Å². The summed E-state index contributed by atoms with van der Waals surface area (Å²) < 4.78 is 5.09. The number of methoxy groups -OCH3 is 1. The predicted octanol–water partition coefficient (Wildman–Crippen LogP) is 2.52. The van der Waals surface area contributed by atoms with Crippen LogP contribution in [0.2, 0.25) is 0 Å². The number of anilines is 1. The fourth-order valence-corrected chi connectivity index (χ4v) is 5.01. The minimum atomic E-state index is -0.661. The van der Waals surface area contributed by atoms with Gasteiger partial charge in [-0.3, -0.25) is 19.3 Å². The zero-order valence-electron chi connectivity index (χ0n) is 17.6. The van der Waals surface area contributed by atoms with Crippen LogP contribution < -0.4 is 4.90 Å². The molecule has 29 heavy (non-hydrogen) atoms. The molecule has 3 aliphatic heterocycles. The maximum absolute atomic E-state index is 13.6. The van der Waals surface area contributed by atoms with Crippen LogP contribution in [0.4, 0.5) is 5.69 Å². The monoisotopic (exact) mass is 396 g/mol. The number of carbonyl (C=O) groups is 3. The first-order chi connectivity index (χ1) is 13.7. The quantitative estimate of drug-likeness (QED) is 0.732. The highest BCUT2D eigenvalue weighted by atomic mass is 16.5. The molecule has 0 unspecified atom stereocenters. The molecule has 1 aromatic carbocycles. The van der Waals surface area contributed by atoms with E-state index < -0.39 is 23.3 Å². The summed E-state index contributed by atoms with van der Waals surface area (Å²) in [5.74, 6) is -1.66. The first-order valence-electron chi connectivity index (χ1n) is 10.1. The van der Waals surface area contributed by atoms with Crippen molar-refractivity contribution in [2.24, 2.45) is 17.3 Å². The Morgan fingerprint density at radius 2 is 1.76 bits per heavy atom. The average molecular weight is 396 g/mol. The van der Waals surface area contributed by atoms with E-state index >= 15 is 0 Å². The van der Waals surface area contributed by atoms with E-state index in [-0.39, 0.29) is 30.2 Å². The van der Waals surface area contributed by atoms with Crippen molar-refractivity contribution in [3.05, 3.63) is 35.9 Å². The second kappa shape index (κ2) is 6.80. The number of fused-ring (bicyclic) bond motifs is 5. The lowest BCUT2D eigenvalue weighted by Gasteiger charge is -2.39. The van der Waals surface area contributed by atoms with Crippen LogP contribution in [0.15, 0.2) is 30.3 Å². The maximum Gasteiger partial charge on any atom is 0.235 e. The van der Waals surface area contributed by atoms with Crippen LogP contribution in [-0.4, -0.2) is 54.8 Å². The molecule has 0 bridgehead atoms. The number of carbonyl (C=O) groups excluding carboxylic acids is 3. The minimum absolute atomic E-state index is 0.00695. The Balaban J connectivity index is 1.86. The van der Waals surface area contributed by atoms with Crippen LogP contribution in [0.1, 0.15) is 33.3 Å². The number of rotatable bonds is 4. The fourth-order valence-electron chi connectivity index (χ4n) is 5.01. The van der Waals surface area contributed by atoms with E-state index in [0.717, 1.165) is 16.8 Å². The summed E-state index contributed by atoms with van der Waals surface area (Å²) >= 11 is 0. The number of amides is 2. The topological polar surface area (TPSA) is 66.9 Å². The molecule has 154 valence electrons.